The Kier molecular flexibility index (Phi) is 5.20. The molecule has 1 aromatic rings. The van der Waals surface area contributed by atoms with Crippen LogP contribution in [0.4, 0.5) is 0 Å². The molecular formula is C14H21NO2S. The number of ether oxygens (including phenoxy) is 1. The van der Waals surface area contributed by atoms with E-state index < -0.39 is 0 Å². The molecule has 0 aliphatic carbocycles. The zero-order valence-electron chi connectivity index (χ0n) is 10.9. The highest BCUT2D eigenvalue weighted by Gasteiger charge is 2.23. The van der Waals surface area contributed by atoms with Crippen LogP contribution < -0.4 is 0 Å². The van der Waals surface area contributed by atoms with Gasteiger partial charge in [-0.2, -0.15) is 11.3 Å². The van der Waals surface area contributed by atoms with Crippen molar-refractivity contribution in [3.05, 3.63) is 22.4 Å². The van der Waals surface area contributed by atoms with Crippen LogP contribution in [0.5, 0.6) is 0 Å². The van der Waals surface area contributed by atoms with Crippen LogP contribution in [0.2, 0.25) is 0 Å². The predicted octanol–water partition coefficient (Wildman–Crippen LogP) is 2.71. The monoisotopic (exact) mass is 267 g/mol. The summed E-state index contributed by atoms with van der Waals surface area (Å²) in [7, 11) is 0. The van der Waals surface area contributed by atoms with Gasteiger partial charge in [-0.15, -0.1) is 0 Å². The summed E-state index contributed by atoms with van der Waals surface area (Å²) < 4.78 is 5.76. The number of carbonyl (C=O) groups is 1. The third-order valence-electron chi connectivity index (χ3n) is 3.22. The highest BCUT2D eigenvalue weighted by atomic mass is 32.1. The largest absolute Gasteiger partial charge is 0.376 e. The van der Waals surface area contributed by atoms with E-state index in [0.717, 1.165) is 44.5 Å². The molecule has 0 saturated carbocycles. The normalized spacial score (nSPS) is 20.1. The maximum Gasteiger partial charge on any atom is 0.227 e. The highest BCUT2D eigenvalue weighted by Crippen LogP contribution is 2.16. The number of rotatable bonds is 5. The van der Waals surface area contributed by atoms with Gasteiger partial charge in [0.2, 0.25) is 5.91 Å². The molecule has 1 atom stereocenters. The number of thiophene rings is 1. The summed E-state index contributed by atoms with van der Waals surface area (Å²) >= 11 is 1.64. The van der Waals surface area contributed by atoms with Crippen molar-refractivity contribution in [3.63, 3.8) is 0 Å². The summed E-state index contributed by atoms with van der Waals surface area (Å²) in [5.74, 6) is 0.234. The fraction of sp³-hybridized carbons (Fsp3) is 0.643. The molecule has 3 nitrogen and oxygen atoms in total. The maximum absolute atomic E-state index is 12.2. The van der Waals surface area contributed by atoms with Gasteiger partial charge in [0.25, 0.3) is 0 Å². The summed E-state index contributed by atoms with van der Waals surface area (Å²) in [6.07, 6.45) is 3.96. The molecule has 0 radical (unpaired) electrons. The summed E-state index contributed by atoms with van der Waals surface area (Å²) in [5.41, 5.74) is 1.13. The summed E-state index contributed by atoms with van der Waals surface area (Å²) in [6, 6.07) is 2.03. The molecule has 1 unspecified atom stereocenters. The molecule has 1 saturated heterocycles. The molecule has 0 N–H and O–H groups in total. The molecule has 4 heteroatoms. The Labute approximate surface area is 113 Å². The van der Waals surface area contributed by atoms with E-state index in [1.54, 1.807) is 11.3 Å². The third kappa shape index (κ3) is 3.82. The van der Waals surface area contributed by atoms with Crippen molar-refractivity contribution in [3.8, 4) is 0 Å². The molecule has 0 aromatic carbocycles. The van der Waals surface area contributed by atoms with E-state index in [9.17, 15) is 4.79 Å². The summed E-state index contributed by atoms with van der Waals surface area (Å²) in [5, 5.41) is 4.07. The molecule has 1 amide bonds. The van der Waals surface area contributed by atoms with Gasteiger partial charge < -0.3 is 9.64 Å². The molecule has 2 rings (SSSR count). The minimum Gasteiger partial charge on any atom is -0.376 e. The first-order valence-electron chi connectivity index (χ1n) is 6.70. The van der Waals surface area contributed by atoms with Crippen molar-refractivity contribution in [1.82, 2.24) is 4.90 Å². The maximum atomic E-state index is 12.2. The van der Waals surface area contributed by atoms with Crippen LogP contribution in [0, 0.1) is 0 Å². The Bertz CT molecular complexity index is 364. The number of amides is 1. The Balaban J connectivity index is 1.82. The molecule has 1 aliphatic rings. The average Bonchev–Trinajstić information content (AvgIpc) is 2.89. The SMILES string of the molecule is CCCOC1CCCN(C(=O)Cc2ccsc2)C1. The number of nitrogens with zero attached hydrogens (tertiary/aromatic N) is 1. The number of hydrogen-bond donors (Lipinski definition) is 0. The van der Waals surface area contributed by atoms with E-state index in [1.807, 2.05) is 21.7 Å². The van der Waals surface area contributed by atoms with E-state index >= 15 is 0 Å². The summed E-state index contributed by atoms with van der Waals surface area (Å²) in [4.78, 5) is 14.1. The van der Waals surface area contributed by atoms with Gasteiger partial charge in [0, 0.05) is 19.7 Å². The van der Waals surface area contributed by atoms with Gasteiger partial charge in [-0.3, -0.25) is 4.79 Å². The zero-order chi connectivity index (χ0) is 12.8. The van der Waals surface area contributed by atoms with Crippen molar-refractivity contribution < 1.29 is 9.53 Å². The predicted molar refractivity (Wildman–Crippen MR) is 73.9 cm³/mol. The zero-order valence-corrected chi connectivity index (χ0v) is 11.7. The van der Waals surface area contributed by atoms with Gasteiger partial charge >= 0.3 is 0 Å². The first kappa shape index (κ1) is 13.6. The van der Waals surface area contributed by atoms with E-state index in [-0.39, 0.29) is 12.0 Å². The molecule has 0 spiro atoms. The number of carbonyl (C=O) groups excluding carboxylic acids is 1. The van der Waals surface area contributed by atoms with Crippen LogP contribution in [0.15, 0.2) is 16.8 Å². The molecule has 1 aliphatic heterocycles. The highest BCUT2D eigenvalue weighted by molar-refractivity contribution is 7.07. The van der Waals surface area contributed by atoms with E-state index in [0.29, 0.717) is 6.42 Å². The first-order valence-corrected chi connectivity index (χ1v) is 7.64. The van der Waals surface area contributed by atoms with E-state index in [4.69, 9.17) is 4.74 Å². The van der Waals surface area contributed by atoms with Crippen LogP contribution in [-0.2, 0) is 16.0 Å². The van der Waals surface area contributed by atoms with Gasteiger partial charge in [-0.05, 0) is 41.7 Å². The fourth-order valence-electron chi connectivity index (χ4n) is 2.26. The topological polar surface area (TPSA) is 29.5 Å². The molecule has 0 bridgehead atoms. The second-order valence-electron chi connectivity index (χ2n) is 4.78. The van der Waals surface area contributed by atoms with Gasteiger partial charge in [0.15, 0.2) is 0 Å². The molecule has 18 heavy (non-hydrogen) atoms. The van der Waals surface area contributed by atoms with Crippen LogP contribution in [0.1, 0.15) is 31.7 Å². The van der Waals surface area contributed by atoms with Crippen molar-refractivity contribution in [2.24, 2.45) is 0 Å². The molecule has 2 heterocycles. The van der Waals surface area contributed by atoms with Crippen LogP contribution in [0.25, 0.3) is 0 Å². The Morgan fingerprint density at radius 2 is 2.50 bits per heavy atom. The molecular weight excluding hydrogens is 246 g/mol. The lowest BCUT2D eigenvalue weighted by Crippen LogP contribution is -2.43. The third-order valence-corrected chi connectivity index (χ3v) is 3.96. The molecule has 1 aromatic heterocycles. The number of piperidine rings is 1. The van der Waals surface area contributed by atoms with Crippen molar-refractivity contribution in [1.29, 1.82) is 0 Å². The molecule has 100 valence electrons. The second kappa shape index (κ2) is 6.90. The summed E-state index contributed by atoms with van der Waals surface area (Å²) in [6.45, 7) is 4.57. The first-order chi connectivity index (χ1) is 8.79. The van der Waals surface area contributed by atoms with Gasteiger partial charge in [0.05, 0.1) is 12.5 Å². The van der Waals surface area contributed by atoms with Gasteiger partial charge in [0.1, 0.15) is 0 Å². The number of hydrogen-bond acceptors (Lipinski definition) is 3. The van der Waals surface area contributed by atoms with Gasteiger partial charge in [-0.1, -0.05) is 6.92 Å². The Hall–Kier alpha value is -0.870. The van der Waals surface area contributed by atoms with Crippen LogP contribution in [0.3, 0.4) is 0 Å². The van der Waals surface area contributed by atoms with Crippen molar-refractivity contribution >= 4 is 17.2 Å². The lowest BCUT2D eigenvalue weighted by molar-refractivity contribution is -0.134. The Morgan fingerprint density at radius 3 is 3.22 bits per heavy atom. The minimum atomic E-state index is 0.234. The Morgan fingerprint density at radius 1 is 1.61 bits per heavy atom. The minimum absolute atomic E-state index is 0.234. The number of likely N-dealkylation sites (tertiary alicyclic amines) is 1. The standard InChI is InChI=1S/C14H21NO2S/c1-2-7-17-13-4-3-6-15(10-13)14(16)9-12-5-8-18-11-12/h5,8,11,13H,2-4,6-7,9-10H2,1H3. The van der Waals surface area contributed by atoms with Crippen LogP contribution >= 0.6 is 11.3 Å². The van der Waals surface area contributed by atoms with E-state index in [2.05, 4.69) is 6.92 Å². The quantitative estimate of drug-likeness (QED) is 0.821. The van der Waals surface area contributed by atoms with Gasteiger partial charge in [-0.25, -0.2) is 0 Å². The molecule has 1 fully saturated rings. The second-order valence-corrected chi connectivity index (χ2v) is 5.56. The van der Waals surface area contributed by atoms with Crippen molar-refractivity contribution in [2.45, 2.75) is 38.7 Å². The average molecular weight is 267 g/mol. The lowest BCUT2D eigenvalue weighted by Gasteiger charge is -2.32. The van der Waals surface area contributed by atoms with Crippen LogP contribution in [-0.4, -0.2) is 36.6 Å². The lowest BCUT2D eigenvalue weighted by atomic mass is 10.1. The van der Waals surface area contributed by atoms with E-state index in [1.165, 1.54) is 0 Å². The smallest absolute Gasteiger partial charge is 0.227 e. The fourth-order valence-corrected chi connectivity index (χ4v) is 2.93. The van der Waals surface area contributed by atoms with Crippen molar-refractivity contribution in [2.75, 3.05) is 19.7 Å².